The fourth-order valence-corrected chi connectivity index (χ4v) is 2.16. The zero-order valence-electron chi connectivity index (χ0n) is 13.6. The molecular weight excluding hydrogens is 308 g/mol. The molecule has 0 aliphatic rings. The van der Waals surface area contributed by atoms with E-state index in [0.717, 1.165) is 5.56 Å². The molecule has 0 fully saturated rings. The highest BCUT2D eigenvalue weighted by Crippen LogP contribution is 2.39. The second-order valence-corrected chi connectivity index (χ2v) is 5.03. The molecule has 0 saturated carbocycles. The normalized spacial score (nSPS) is 10.1. The zero-order valence-corrected chi connectivity index (χ0v) is 13.6. The minimum absolute atomic E-state index is 0.00202. The Bertz CT molecular complexity index is 749. The Labute approximate surface area is 140 Å². The average molecular weight is 328 g/mol. The summed E-state index contributed by atoms with van der Waals surface area (Å²) in [6.07, 6.45) is 0. The highest BCUT2D eigenvalue weighted by atomic mass is 16.5. The van der Waals surface area contributed by atoms with Crippen LogP contribution in [0.3, 0.4) is 0 Å². The lowest BCUT2D eigenvalue weighted by Gasteiger charge is -2.16. The molecule has 0 heterocycles. The Kier molecular flexibility index (Phi) is 5.26. The van der Waals surface area contributed by atoms with E-state index < -0.39 is 0 Å². The van der Waals surface area contributed by atoms with E-state index in [2.05, 4.69) is 0 Å². The molecule has 0 bridgehead atoms. The van der Waals surface area contributed by atoms with Crippen molar-refractivity contribution in [2.75, 3.05) is 14.2 Å². The predicted octanol–water partition coefficient (Wildman–Crippen LogP) is 1.85. The van der Waals surface area contributed by atoms with Crippen LogP contribution in [0.25, 0.3) is 0 Å². The van der Waals surface area contributed by atoms with Crippen LogP contribution in [-0.4, -0.2) is 25.9 Å². The molecule has 7 nitrogen and oxygen atoms in total. The number of benzene rings is 2. The lowest BCUT2D eigenvalue weighted by atomic mass is 10.1. The minimum Gasteiger partial charge on any atom is -0.493 e. The third-order valence-electron chi connectivity index (χ3n) is 3.39. The standard InChI is InChI=1S/C17H20N4O3/c1-22-13-7-12(17(20)21)8-14(23-2)15(13)24-9-10-4-3-5-11(6-10)16(18)19/h3-8H,9H2,1-2H3,(H3,18,19)(H3,20,21). The quantitative estimate of drug-likeness (QED) is 0.455. The maximum absolute atomic E-state index is 7.54. The number of amidine groups is 2. The smallest absolute Gasteiger partial charge is 0.203 e. The summed E-state index contributed by atoms with van der Waals surface area (Å²) in [6, 6.07) is 10.5. The van der Waals surface area contributed by atoms with E-state index in [4.69, 9.17) is 36.5 Å². The summed E-state index contributed by atoms with van der Waals surface area (Å²) >= 11 is 0. The third kappa shape index (κ3) is 3.75. The van der Waals surface area contributed by atoms with Crippen molar-refractivity contribution in [2.24, 2.45) is 11.5 Å². The molecule has 126 valence electrons. The van der Waals surface area contributed by atoms with Crippen LogP contribution < -0.4 is 25.7 Å². The van der Waals surface area contributed by atoms with Crippen molar-refractivity contribution in [1.29, 1.82) is 10.8 Å². The molecule has 0 aromatic heterocycles. The van der Waals surface area contributed by atoms with Crippen molar-refractivity contribution in [3.05, 3.63) is 53.1 Å². The molecule has 2 aromatic carbocycles. The number of nitrogen functional groups attached to an aromatic ring is 2. The molecule has 0 atom stereocenters. The zero-order chi connectivity index (χ0) is 17.7. The van der Waals surface area contributed by atoms with Gasteiger partial charge in [0.15, 0.2) is 11.5 Å². The Morgan fingerprint density at radius 2 is 1.50 bits per heavy atom. The van der Waals surface area contributed by atoms with Gasteiger partial charge in [-0.2, -0.15) is 0 Å². The summed E-state index contributed by atoms with van der Waals surface area (Å²) in [5.41, 5.74) is 13.0. The highest BCUT2D eigenvalue weighted by molar-refractivity contribution is 5.96. The van der Waals surface area contributed by atoms with Crippen LogP contribution in [0, 0.1) is 10.8 Å². The Hall–Kier alpha value is -3.22. The largest absolute Gasteiger partial charge is 0.493 e. The number of nitrogens with two attached hydrogens (primary N) is 2. The van der Waals surface area contributed by atoms with E-state index in [1.807, 2.05) is 12.1 Å². The maximum Gasteiger partial charge on any atom is 0.203 e. The van der Waals surface area contributed by atoms with E-state index in [1.54, 1.807) is 24.3 Å². The highest BCUT2D eigenvalue weighted by Gasteiger charge is 2.15. The number of hydrogen-bond acceptors (Lipinski definition) is 5. The van der Waals surface area contributed by atoms with Crippen molar-refractivity contribution in [3.63, 3.8) is 0 Å². The Balaban J connectivity index is 2.30. The van der Waals surface area contributed by atoms with E-state index in [0.29, 0.717) is 28.4 Å². The fourth-order valence-electron chi connectivity index (χ4n) is 2.16. The van der Waals surface area contributed by atoms with Gasteiger partial charge in [0.05, 0.1) is 14.2 Å². The molecule has 0 saturated heterocycles. The number of hydrogen-bond donors (Lipinski definition) is 4. The lowest BCUT2D eigenvalue weighted by molar-refractivity contribution is 0.266. The van der Waals surface area contributed by atoms with Crippen LogP contribution in [-0.2, 0) is 6.61 Å². The van der Waals surface area contributed by atoms with Crippen molar-refractivity contribution in [2.45, 2.75) is 6.61 Å². The number of ether oxygens (including phenoxy) is 3. The van der Waals surface area contributed by atoms with E-state index in [1.165, 1.54) is 14.2 Å². The summed E-state index contributed by atoms with van der Waals surface area (Å²) in [5.74, 6) is 1.16. The Morgan fingerprint density at radius 3 is 2.00 bits per heavy atom. The van der Waals surface area contributed by atoms with Gasteiger partial charge in [0.2, 0.25) is 5.75 Å². The molecular formula is C17H20N4O3. The fraction of sp³-hybridized carbons (Fsp3) is 0.176. The molecule has 0 radical (unpaired) electrons. The van der Waals surface area contributed by atoms with Crippen molar-refractivity contribution in [1.82, 2.24) is 0 Å². The van der Waals surface area contributed by atoms with Gasteiger partial charge >= 0.3 is 0 Å². The monoisotopic (exact) mass is 328 g/mol. The number of nitrogens with one attached hydrogen (secondary N) is 2. The first-order valence-electron chi connectivity index (χ1n) is 7.12. The molecule has 0 aliphatic heterocycles. The van der Waals surface area contributed by atoms with E-state index in [-0.39, 0.29) is 18.3 Å². The molecule has 7 heteroatoms. The van der Waals surface area contributed by atoms with Crippen molar-refractivity contribution >= 4 is 11.7 Å². The summed E-state index contributed by atoms with van der Waals surface area (Å²) < 4.78 is 16.5. The molecule has 0 spiro atoms. The van der Waals surface area contributed by atoms with Gasteiger partial charge in [-0.1, -0.05) is 18.2 Å². The molecule has 0 unspecified atom stereocenters. The number of rotatable bonds is 7. The van der Waals surface area contributed by atoms with Crippen LogP contribution in [0.2, 0.25) is 0 Å². The van der Waals surface area contributed by atoms with Gasteiger partial charge in [-0.05, 0) is 23.8 Å². The SMILES string of the molecule is COc1cc(C(=N)N)cc(OC)c1OCc1cccc(C(=N)N)c1. The first-order chi connectivity index (χ1) is 11.5. The van der Waals surface area contributed by atoms with Crippen LogP contribution in [0.15, 0.2) is 36.4 Å². The van der Waals surface area contributed by atoms with Crippen molar-refractivity contribution in [3.8, 4) is 17.2 Å². The van der Waals surface area contributed by atoms with Gasteiger partial charge in [-0.25, -0.2) is 0 Å². The molecule has 2 rings (SSSR count). The molecule has 24 heavy (non-hydrogen) atoms. The van der Waals surface area contributed by atoms with Crippen LogP contribution in [0.5, 0.6) is 17.2 Å². The lowest BCUT2D eigenvalue weighted by Crippen LogP contribution is -2.12. The van der Waals surface area contributed by atoms with Crippen LogP contribution >= 0.6 is 0 Å². The second-order valence-electron chi connectivity index (χ2n) is 5.03. The first-order valence-corrected chi connectivity index (χ1v) is 7.12. The van der Waals surface area contributed by atoms with Gasteiger partial charge in [0.25, 0.3) is 0 Å². The number of methoxy groups -OCH3 is 2. The molecule has 2 aromatic rings. The van der Waals surface area contributed by atoms with Gasteiger partial charge in [0.1, 0.15) is 18.3 Å². The summed E-state index contributed by atoms with van der Waals surface area (Å²) in [5, 5.41) is 15.0. The third-order valence-corrected chi connectivity index (χ3v) is 3.39. The summed E-state index contributed by atoms with van der Waals surface area (Å²) in [6.45, 7) is 0.243. The topological polar surface area (TPSA) is 127 Å². The average Bonchev–Trinajstić information content (AvgIpc) is 2.59. The molecule has 0 aliphatic carbocycles. The van der Waals surface area contributed by atoms with Gasteiger partial charge in [0, 0.05) is 11.1 Å². The molecule has 6 N–H and O–H groups in total. The van der Waals surface area contributed by atoms with E-state index >= 15 is 0 Å². The summed E-state index contributed by atoms with van der Waals surface area (Å²) in [4.78, 5) is 0. The van der Waals surface area contributed by atoms with Crippen LogP contribution in [0.4, 0.5) is 0 Å². The maximum atomic E-state index is 7.54. The van der Waals surface area contributed by atoms with Crippen LogP contribution in [0.1, 0.15) is 16.7 Å². The molecule has 0 amide bonds. The van der Waals surface area contributed by atoms with Gasteiger partial charge in [-0.3, -0.25) is 10.8 Å². The first kappa shape index (κ1) is 17.1. The minimum atomic E-state index is -0.0905. The predicted molar refractivity (Wildman–Crippen MR) is 92.4 cm³/mol. The van der Waals surface area contributed by atoms with E-state index in [9.17, 15) is 0 Å². The van der Waals surface area contributed by atoms with Crippen molar-refractivity contribution < 1.29 is 14.2 Å². The van der Waals surface area contributed by atoms with Gasteiger partial charge in [-0.15, -0.1) is 0 Å². The van der Waals surface area contributed by atoms with Gasteiger partial charge < -0.3 is 25.7 Å². The summed E-state index contributed by atoms with van der Waals surface area (Å²) in [7, 11) is 3.00. The Morgan fingerprint density at radius 1 is 0.917 bits per heavy atom. The second kappa shape index (κ2) is 7.36.